The quantitative estimate of drug-likeness (QED) is 0.275. The summed E-state index contributed by atoms with van der Waals surface area (Å²) in [5, 5.41) is 17.0. The summed E-state index contributed by atoms with van der Waals surface area (Å²) in [5.74, 6) is -3.83. The lowest BCUT2D eigenvalue weighted by molar-refractivity contribution is -0.0566. The Bertz CT molecular complexity index is 1920. The fourth-order valence-electron chi connectivity index (χ4n) is 4.41. The Morgan fingerprint density at radius 1 is 1.14 bits per heavy atom. The van der Waals surface area contributed by atoms with Crippen LogP contribution >= 0.6 is 0 Å². The average molecular weight is 612 g/mol. The fraction of sp³-hybridized carbons (Fsp3) is 0.259. The van der Waals surface area contributed by atoms with Gasteiger partial charge in [-0.1, -0.05) is 23.8 Å². The molecule has 0 atom stereocenters. The van der Waals surface area contributed by atoms with Gasteiger partial charge in [-0.3, -0.25) is 19.0 Å². The van der Waals surface area contributed by atoms with Gasteiger partial charge in [0, 0.05) is 6.54 Å². The van der Waals surface area contributed by atoms with Gasteiger partial charge < -0.3 is 15.2 Å². The summed E-state index contributed by atoms with van der Waals surface area (Å²) in [5.41, 5.74) is -1.07. The smallest absolute Gasteiger partial charge is 0.304 e. The number of aryl methyl sites for hydroxylation is 1. The van der Waals surface area contributed by atoms with Gasteiger partial charge in [0.1, 0.15) is 23.6 Å². The summed E-state index contributed by atoms with van der Waals surface area (Å²) in [6.45, 7) is 5.29. The molecule has 0 spiro atoms. The molecule has 224 valence electrons. The second kappa shape index (κ2) is 11.0. The molecule has 43 heavy (non-hydrogen) atoms. The molecular formula is C27H26FN7O7S. The predicted octanol–water partition coefficient (Wildman–Crippen LogP) is 1.29. The number of aromatic nitrogens is 5. The van der Waals surface area contributed by atoms with Crippen LogP contribution in [-0.4, -0.2) is 56.3 Å². The SMILES string of the molecule is Cc1ccc(S(=O)(=O)NC(=O)c2ncn(-c3cc(F)ccc3CNC(=O)c3nc4n(c(=O)c3O)CCOC4(C)C)n2)cc1. The Morgan fingerprint density at radius 3 is 2.58 bits per heavy atom. The van der Waals surface area contributed by atoms with Crippen molar-refractivity contribution in [3.8, 4) is 11.4 Å². The zero-order valence-corrected chi connectivity index (χ0v) is 24.0. The molecule has 1 aliphatic heterocycles. The Balaban J connectivity index is 1.36. The first-order chi connectivity index (χ1) is 20.3. The van der Waals surface area contributed by atoms with Crippen LogP contribution in [0.15, 0.2) is 58.5 Å². The van der Waals surface area contributed by atoms with E-state index >= 15 is 0 Å². The van der Waals surface area contributed by atoms with Gasteiger partial charge in [0.25, 0.3) is 21.5 Å². The molecule has 0 saturated carbocycles. The van der Waals surface area contributed by atoms with E-state index in [-0.39, 0.29) is 36.1 Å². The third-order valence-corrected chi connectivity index (χ3v) is 8.01. The molecule has 14 nitrogen and oxygen atoms in total. The van der Waals surface area contributed by atoms with Crippen LogP contribution in [0.4, 0.5) is 4.39 Å². The number of carbonyl (C=O) groups excluding carboxylic acids is 2. The molecule has 4 aromatic rings. The standard InChI is InChI=1S/C27H26FN7O7S/c1-15-4-8-18(9-5-15)43(40,41)33-24(38)22-30-14-35(32-22)19-12-17(28)7-6-16(19)13-29-23(37)20-21(36)25(39)34-10-11-42-27(2,3)26(34)31-20/h4-9,12,14,36H,10-11,13H2,1-3H3,(H,29,37)(H,33,38). The molecule has 2 amide bonds. The Hall–Kier alpha value is -4.96. The first-order valence-electron chi connectivity index (χ1n) is 12.9. The van der Waals surface area contributed by atoms with E-state index in [0.29, 0.717) is 5.56 Å². The number of fused-ring (bicyclic) bond motifs is 1. The molecule has 2 aromatic carbocycles. The lowest BCUT2D eigenvalue weighted by Crippen LogP contribution is -2.42. The van der Waals surface area contributed by atoms with E-state index in [1.165, 1.54) is 22.8 Å². The lowest BCUT2D eigenvalue weighted by atomic mass is 10.1. The first-order valence-corrected chi connectivity index (χ1v) is 14.4. The molecule has 3 N–H and O–H groups in total. The van der Waals surface area contributed by atoms with E-state index in [2.05, 4.69) is 20.4 Å². The summed E-state index contributed by atoms with van der Waals surface area (Å²) >= 11 is 0. The van der Waals surface area contributed by atoms with Crippen molar-refractivity contribution in [3.63, 3.8) is 0 Å². The molecule has 2 aromatic heterocycles. The monoisotopic (exact) mass is 611 g/mol. The van der Waals surface area contributed by atoms with Gasteiger partial charge >= 0.3 is 5.91 Å². The van der Waals surface area contributed by atoms with Crippen LogP contribution in [0.1, 0.15) is 51.9 Å². The van der Waals surface area contributed by atoms with Crippen LogP contribution in [0.25, 0.3) is 5.69 Å². The van der Waals surface area contributed by atoms with Crippen molar-refractivity contribution in [2.45, 2.75) is 44.4 Å². The minimum atomic E-state index is -4.21. The van der Waals surface area contributed by atoms with Crippen LogP contribution < -0.4 is 15.6 Å². The van der Waals surface area contributed by atoms with Crippen LogP contribution in [-0.2, 0) is 33.5 Å². The number of carbonyl (C=O) groups is 2. The highest BCUT2D eigenvalue weighted by molar-refractivity contribution is 7.90. The third-order valence-electron chi connectivity index (χ3n) is 6.66. The molecule has 1 aliphatic rings. The Morgan fingerprint density at radius 2 is 1.86 bits per heavy atom. The normalized spacial score (nSPS) is 14.1. The van der Waals surface area contributed by atoms with Crippen molar-refractivity contribution < 1.29 is 32.2 Å². The molecule has 0 bridgehead atoms. The van der Waals surface area contributed by atoms with Crippen LogP contribution in [0, 0.1) is 12.7 Å². The van der Waals surface area contributed by atoms with Crippen LogP contribution in [0.5, 0.6) is 5.75 Å². The van der Waals surface area contributed by atoms with Crippen molar-refractivity contribution in [2.75, 3.05) is 6.61 Å². The number of hydrogen-bond donors (Lipinski definition) is 3. The topological polar surface area (TPSA) is 187 Å². The van der Waals surface area contributed by atoms with Crippen molar-refractivity contribution in [3.05, 3.63) is 93.4 Å². The molecular weight excluding hydrogens is 585 g/mol. The summed E-state index contributed by atoms with van der Waals surface area (Å²) in [4.78, 5) is 46.3. The second-order valence-corrected chi connectivity index (χ2v) is 11.8. The van der Waals surface area contributed by atoms with Gasteiger partial charge in [-0.25, -0.2) is 32.2 Å². The van der Waals surface area contributed by atoms with Gasteiger partial charge in [0.15, 0.2) is 5.69 Å². The zero-order chi connectivity index (χ0) is 31.1. The van der Waals surface area contributed by atoms with Crippen LogP contribution in [0.3, 0.4) is 0 Å². The summed E-state index contributed by atoms with van der Waals surface area (Å²) in [6.07, 6.45) is 1.08. The van der Waals surface area contributed by atoms with E-state index in [4.69, 9.17) is 4.74 Å². The molecule has 0 radical (unpaired) electrons. The minimum absolute atomic E-state index is 0.0745. The lowest BCUT2D eigenvalue weighted by Gasteiger charge is -2.32. The fourth-order valence-corrected chi connectivity index (χ4v) is 5.36. The number of hydrogen-bond acceptors (Lipinski definition) is 10. The van der Waals surface area contributed by atoms with Gasteiger partial charge in [-0.2, -0.15) is 0 Å². The van der Waals surface area contributed by atoms with E-state index < -0.39 is 56.1 Å². The highest BCUT2D eigenvalue weighted by Gasteiger charge is 2.34. The van der Waals surface area contributed by atoms with Crippen LogP contribution in [0.2, 0.25) is 0 Å². The van der Waals surface area contributed by atoms with E-state index in [1.54, 1.807) is 32.9 Å². The predicted molar refractivity (Wildman–Crippen MR) is 147 cm³/mol. The number of nitrogens with zero attached hydrogens (tertiary/aromatic N) is 5. The molecule has 0 aliphatic carbocycles. The van der Waals surface area contributed by atoms with Gasteiger partial charge in [-0.15, -0.1) is 5.10 Å². The number of nitrogens with one attached hydrogen (secondary N) is 2. The maximum Gasteiger partial charge on any atom is 0.304 e. The molecule has 0 fully saturated rings. The highest BCUT2D eigenvalue weighted by Crippen LogP contribution is 2.27. The maximum atomic E-state index is 14.2. The van der Waals surface area contributed by atoms with Crippen molar-refractivity contribution in [1.82, 2.24) is 34.4 Å². The Kier molecular flexibility index (Phi) is 7.58. The van der Waals surface area contributed by atoms with E-state index in [0.717, 1.165) is 28.7 Å². The van der Waals surface area contributed by atoms with Gasteiger partial charge in [0.2, 0.25) is 11.6 Å². The largest absolute Gasteiger partial charge is 0.501 e. The second-order valence-electron chi connectivity index (χ2n) is 10.2. The summed E-state index contributed by atoms with van der Waals surface area (Å²) in [6, 6.07) is 9.39. The molecule has 5 rings (SSSR count). The highest BCUT2D eigenvalue weighted by atomic mass is 32.2. The van der Waals surface area contributed by atoms with Crippen molar-refractivity contribution in [2.24, 2.45) is 0 Å². The maximum absolute atomic E-state index is 14.2. The molecule has 16 heteroatoms. The van der Waals surface area contributed by atoms with Gasteiger partial charge in [0.05, 0.1) is 23.7 Å². The number of halogens is 1. The number of aromatic hydroxyl groups is 1. The van der Waals surface area contributed by atoms with Crippen molar-refractivity contribution >= 4 is 21.8 Å². The number of benzene rings is 2. The molecule has 0 unspecified atom stereocenters. The number of sulfonamides is 1. The van der Waals surface area contributed by atoms with Gasteiger partial charge in [-0.05, 0) is 50.6 Å². The number of rotatable bonds is 7. The number of amides is 2. The average Bonchev–Trinajstić information content (AvgIpc) is 3.45. The summed E-state index contributed by atoms with van der Waals surface area (Å²) < 4.78 is 49.2. The minimum Gasteiger partial charge on any atom is -0.501 e. The zero-order valence-electron chi connectivity index (χ0n) is 23.2. The third kappa shape index (κ3) is 5.87. The molecule has 0 saturated heterocycles. The number of ether oxygens (including phenoxy) is 1. The van der Waals surface area contributed by atoms with Crippen molar-refractivity contribution in [1.29, 1.82) is 0 Å². The summed E-state index contributed by atoms with van der Waals surface area (Å²) in [7, 11) is -4.21. The van der Waals surface area contributed by atoms with E-state index in [1.807, 2.05) is 4.72 Å². The first kappa shape index (κ1) is 29.5. The van der Waals surface area contributed by atoms with E-state index in [9.17, 15) is 32.3 Å². The Labute approximate surface area is 244 Å². The molecule has 3 heterocycles.